The Labute approximate surface area is 183 Å². The van der Waals surface area contributed by atoms with Crippen molar-refractivity contribution < 1.29 is 4.74 Å². The third-order valence-electron chi connectivity index (χ3n) is 6.05. The molecule has 1 aliphatic carbocycles. The van der Waals surface area contributed by atoms with E-state index in [-0.39, 0.29) is 0 Å². The van der Waals surface area contributed by atoms with E-state index in [1.807, 2.05) is 24.3 Å². The first-order valence-electron chi connectivity index (χ1n) is 11.8. The highest BCUT2D eigenvalue weighted by molar-refractivity contribution is 5.40. The summed E-state index contributed by atoms with van der Waals surface area (Å²) in [5, 5.41) is 0. The Balaban J connectivity index is 1.43. The maximum atomic E-state index is 5.70. The molecule has 0 atom stereocenters. The number of unbranched alkanes of at least 4 members (excludes halogenated alkanes) is 1. The van der Waals surface area contributed by atoms with Crippen LogP contribution in [0, 0.1) is 17.8 Å². The lowest BCUT2D eigenvalue weighted by atomic mass is 9.78. The van der Waals surface area contributed by atoms with Crippen molar-refractivity contribution in [2.75, 3.05) is 6.61 Å². The first-order valence-corrected chi connectivity index (χ1v) is 11.8. The largest absolute Gasteiger partial charge is 0.494 e. The highest BCUT2D eigenvalue weighted by Crippen LogP contribution is 2.36. The van der Waals surface area contributed by atoms with Gasteiger partial charge in [-0.1, -0.05) is 68.9 Å². The van der Waals surface area contributed by atoms with Crippen LogP contribution >= 0.6 is 0 Å². The summed E-state index contributed by atoms with van der Waals surface area (Å²) in [7, 11) is 0. The van der Waals surface area contributed by atoms with E-state index in [2.05, 4.69) is 62.1 Å². The fourth-order valence-corrected chi connectivity index (χ4v) is 4.17. The van der Waals surface area contributed by atoms with E-state index in [9.17, 15) is 0 Å². The molecule has 1 fully saturated rings. The Morgan fingerprint density at radius 2 is 1.63 bits per heavy atom. The molecule has 1 nitrogen and oxygen atoms in total. The Morgan fingerprint density at radius 3 is 2.30 bits per heavy atom. The van der Waals surface area contributed by atoms with E-state index in [1.165, 1.54) is 49.7 Å². The molecule has 0 aromatic heterocycles. The second-order valence-corrected chi connectivity index (χ2v) is 8.46. The lowest BCUT2D eigenvalue weighted by Crippen LogP contribution is -2.11. The minimum Gasteiger partial charge on any atom is -0.494 e. The molecule has 0 heterocycles. The molecule has 0 aliphatic heterocycles. The van der Waals surface area contributed by atoms with Gasteiger partial charge in [0, 0.05) is 5.56 Å². The predicted molar refractivity (Wildman–Crippen MR) is 128 cm³/mol. The van der Waals surface area contributed by atoms with Crippen LogP contribution in [0.5, 0.6) is 5.75 Å². The van der Waals surface area contributed by atoms with E-state index >= 15 is 0 Å². The normalized spacial score (nSPS) is 18.7. The summed E-state index contributed by atoms with van der Waals surface area (Å²) in [5.74, 6) is 8.78. The van der Waals surface area contributed by atoms with Gasteiger partial charge in [-0.3, -0.25) is 0 Å². The van der Waals surface area contributed by atoms with Gasteiger partial charge >= 0.3 is 0 Å². The number of allylic oxidation sites excluding steroid dienone is 2. The molecule has 158 valence electrons. The van der Waals surface area contributed by atoms with E-state index in [1.54, 1.807) is 0 Å². The van der Waals surface area contributed by atoms with Crippen molar-refractivity contribution in [2.24, 2.45) is 5.92 Å². The number of hydrogen-bond acceptors (Lipinski definition) is 1. The molecule has 1 heteroatoms. The summed E-state index contributed by atoms with van der Waals surface area (Å²) in [6.07, 6.45) is 14.1. The zero-order valence-electron chi connectivity index (χ0n) is 18.7. The van der Waals surface area contributed by atoms with Crippen molar-refractivity contribution in [2.45, 2.75) is 71.1 Å². The van der Waals surface area contributed by atoms with Crippen LogP contribution in [-0.4, -0.2) is 6.61 Å². The molecule has 1 aliphatic rings. The minimum absolute atomic E-state index is 0.671. The molecule has 0 N–H and O–H groups in total. The maximum absolute atomic E-state index is 5.70. The summed E-state index contributed by atoms with van der Waals surface area (Å²) < 4.78 is 5.70. The van der Waals surface area contributed by atoms with E-state index < -0.39 is 0 Å². The third kappa shape index (κ3) is 7.10. The van der Waals surface area contributed by atoms with Crippen molar-refractivity contribution in [3.8, 4) is 17.6 Å². The molecule has 0 saturated heterocycles. The Bertz CT molecular complexity index is 825. The zero-order chi connectivity index (χ0) is 21.0. The maximum Gasteiger partial charge on any atom is 0.119 e. The molecular formula is C29H36O. The molecule has 0 amide bonds. The van der Waals surface area contributed by atoms with Crippen LogP contribution < -0.4 is 4.74 Å². The number of benzene rings is 2. The van der Waals surface area contributed by atoms with Gasteiger partial charge in [-0.15, -0.1) is 0 Å². The van der Waals surface area contributed by atoms with Crippen molar-refractivity contribution in [1.82, 2.24) is 0 Å². The molecule has 2 aromatic rings. The molecule has 3 rings (SSSR count). The molecule has 0 unspecified atom stereocenters. The fraction of sp³-hybridized carbons (Fsp3) is 0.448. The lowest BCUT2D eigenvalue weighted by molar-refractivity contribution is 0.309. The van der Waals surface area contributed by atoms with Gasteiger partial charge in [-0.05, 0) is 91.8 Å². The van der Waals surface area contributed by atoms with Crippen LogP contribution in [0.15, 0.2) is 60.7 Å². The van der Waals surface area contributed by atoms with Gasteiger partial charge in [0.2, 0.25) is 0 Å². The number of hydrogen-bond donors (Lipinski definition) is 0. The molecule has 0 spiro atoms. The first kappa shape index (κ1) is 22.2. The van der Waals surface area contributed by atoms with Crippen LogP contribution in [0.4, 0.5) is 0 Å². The van der Waals surface area contributed by atoms with Gasteiger partial charge in [0.15, 0.2) is 0 Å². The first-order chi connectivity index (χ1) is 14.8. The number of aryl methyl sites for hydroxylation is 1. The van der Waals surface area contributed by atoms with Crippen molar-refractivity contribution >= 4 is 0 Å². The number of rotatable bonds is 8. The summed E-state index contributed by atoms with van der Waals surface area (Å²) in [6, 6.07) is 17.5. The second kappa shape index (κ2) is 12.3. The lowest BCUT2D eigenvalue weighted by Gasteiger charge is -2.27. The Hall–Kier alpha value is -2.46. The highest BCUT2D eigenvalue weighted by atomic mass is 16.5. The summed E-state index contributed by atoms with van der Waals surface area (Å²) >= 11 is 0. The molecule has 2 aromatic carbocycles. The van der Waals surface area contributed by atoms with Gasteiger partial charge in [-0.25, -0.2) is 0 Å². The van der Waals surface area contributed by atoms with E-state index in [4.69, 9.17) is 4.74 Å². The SMILES string of the molecule is CCCCOc1ccc(C#C/C=C/C2CCC(c3ccc(CCC)cc3)CC2)cc1. The van der Waals surface area contributed by atoms with Gasteiger partial charge < -0.3 is 4.74 Å². The minimum atomic E-state index is 0.671. The van der Waals surface area contributed by atoms with Crippen molar-refractivity contribution in [3.63, 3.8) is 0 Å². The van der Waals surface area contributed by atoms with Gasteiger partial charge in [-0.2, -0.15) is 0 Å². The molecule has 1 saturated carbocycles. The number of ether oxygens (including phenoxy) is 1. The molecular weight excluding hydrogens is 364 g/mol. The summed E-state index contributed by atoms with van der Waals surface area (Å²) in [6.45, 7) is 5.21. The van der Waals surface area contributed by atoms with Crippen molar-refractivity contribution in [1.29, 1.82) is 0 Å². The molecule has 0 radical (unpaired) electrons. The van der Waals surface area contributed by atoms with Gasteiger partial charge in [0.1, 0.15) is 5.75 Å². The van der Waals surface area contributed by atoms with E-state index in [0.29, 0.717) is 5.92 Å². The van der Waals surface area contributed by atoms with Crippen LogP contribution in [0.1, 0.15) is 81.4 Å². The Kier molecular flexibility index (Phi) is 9.10. The average Bonchev–Trinajstić information content (AvgIpc) is 2.79. The van der Waals surface area contributed by atoms with Gasteiger partial charge in [0.25, 0.3) is 0 Å². The van der Waals surface area contributed by atoms with Crippen LogP contribution in [-0.2, 0) is 6.42 Å². The summed E-state index contributed by atoms with van der Waals surface area (Å²) in [5.41, 5.74) is 4.03. The summed E-state index contributed by atoms with van der Waals surface area (Å²) in [4.78, 5) is 0. The quantitative estimate of drug-likeness (QED) is 0.326. The second-order valence-electron chi connectivity index (χ2n) is 8.46. The fourth-order valence-electron chi connectivity index (χ4n) is 4.17. The van der Waals surface area contributed by atoms with E-state index in [0.717, 1.165) is 36.7 Å². The van der Waals surface area contributed by atoms with Crippen LogP contribution in [0.2, 0.25) is 0 Å². The van der Waals surface area contributed by atoms with Crippen LogP contribution in [0.25, 0.3) is 0 Å². The Morgan fingerprint density at radius 1 is 0.900 bits per heavy atom. The average molecular weight is 401 g/mol. The van der Waals surface area contributed by atoms with Gasteiger partial charge in [0.05, 0.1) is 6.61 Å². The topological polar surface area (TPSA) is 9.23 Å². The van der Waals surface area contributed by atoms with Crippen molar-refractivity contribution in [3.05, 3.63) is 77.4 Å². The standard InChI is InChI=1S/C29H36O/c1-3-5-23-30-29-21-15-26(16-22-29)10-7-6-9-25-13-19-28(20-14-25)27-17-11-24(8-4-2)12-18-27/h6,9,11-12,15-18,21-22,25,28H,3-5,8,13-14,19-20,23H2,1-2H3/b9-6+. The molecule has 0 bridgehead atoms. The zero-order valence-corrected chi connectivity index (χ0v) is 18.7. The third-order valence-corrected chi connectivity index (χ3v) is 6.05. The monoisotopic (exact) mass is 400 g/mol. The highest BCUT2D eigenvalue weighted by Gasteiger charge is 2.20. The van der Waals surface area contributed by atoms with Crippen LogP contribution in [0.3, 0.4) is 0 Å². The molecule has 30 heavy (non-hydrogen) atoms. The predicted octanol–water partition coefficient (Wildman–Crippen LogP) is 7.70. The smallest absolute Gasteiger partial charge is 0.119 e.